The average Bonchev–Trinajstić information content (AvgIpc) is 2.83. The van der Waals surface area contributed by atoms with Crippen LogP contribution in [-0.2, 0) is 31.7 Å². The van der Waals surface area contributed by atoms with E-state index >= 15 is 0 Å². The highest BCUT2D eigenvalue weighted by Gasteiger charge is 2.13. The number of tetrazole rings is 1. The van der Waals surface area contributed by atoms with Gasteiger partial charge in [-0.25, -0.2) is 0 Å². The highest BCUT2D eigenvalue weighted by Crippen LogP contribution is 2.14. The van der Waals surface area contributed by atoms with Crippen LogP contribution in [0.5, 0.6) is 0 Å². The van der Waals surface area contributed by atoms with Crippen molar-refractivity contribution >= 4 is 5.78 Å². The SMILES string of the molecule is Cc1nn(C)c(C)c1CCC(=O)Cc1nnn(C)n1. The van der Waals surface area contributed by atoms with Gasteiger partial charge in [-0.3, -0.25) is 9.48 Å². The topological polar surface area (TPSA) is 78.5 Å². The molecule has 2 rings (SSSR count). The van der Waals surface area contributed by atoms with Gasteiger partial charge in [0.25, 0.3) is 0 Å². The van der Waals surface area contributed by atoms with E-state index in [0.29, 0.717) is 18.7 Å². The number of carbonyl (C=O) groups excluding carboxylic acids is 1. The molecule has 2 aromatic heterocycles. The summed E-state index contributed by atoms with van der Waals surface area (Å²) in [5.74, 6) is 0.600. The summed E-state index contributed by atoms with van der Waals surface area (Å²) in [6.07, 6.45) is 1.43. The van der Waals surface area contributed by atoms with Crippen molar-refractivity contribution in [2.45, 2.75) is 33.1 Å². The molecule has 102 valence electrons. The Morgan fingerprint density at radius 1 is 1.21 bits per heavy atom. The lowest BCUT2D eigenvalue weighted by Crippen LogP contribution is -2.07. The zero-order valence-electron chi connectivity index (χ0n) is 11.7. The Morgan fingerprint density at radius 3 is 2.47 bits per heavy atom. The van der Waals surface area contributed by atoms with Gasteiger partial charge in [0.1, 0.15) is 5.78 Å². The third-order valence-corrected chi connectivity index (χ3v) is 3.22. The number of hydrogen-bond acceptors (Lipinski definition) is 5. The molecule has 0 aliphatic heterocycles. The van der Waals surface area contributed by atoms with Crippen LogP contribution in [-0.4, -0.2) is 35.8 Å². The van der Waals surface area contributed by atoms with Gasteiger partial charge < -0.3 is 0 Å². The molecule has 0 radical (unpaired) electrons. The van der Waals surface area contributed by atoms with Gasteiger partial charge in [-0.2, -0.15) is 9.90 Å². The van der Waals surface area contributed by atoms with Crippen LogP contribution in [0.3, 0.4) is 0 Å². The van der Waals surface area contributed by atoms with Gasteiger partial charge in [0.2, 0.25) is 0 Å². The Bertz CT molecular complexity index is 597. The third kappa shape index (κ3) is 3.04. The van der Waals surface area contributed by atoms with Gasteiger partial charge in [0.05, 0.1) is 19.2 Å². The standard InChI is InChI=1S/C12H18N6O/c1-8-11(9(2)17(3)14-8)6-5-10(19)7-12-13-16-18(4)15-12/h5-7H2,1-4H3. The van der Waals surface area contributed by atoms with Crippen LogP contribution in [0.1, 0.15) is 29.2 Å². The molecule has 7 heteroatoms. The molecule has 7 nitrogen and oxygen atoms in total. The fraction of sp³-hybridized carbons (Fsp3) is 0.583. The smallest absolute Gasteiger partial charge is 0.182 e. The van der Waals surface area contributed by atoms with E-state index in [2.05, 4.69) is 20.5 Å². The lowest BCUT2D eigenvalue weighted by atomic mass is 10.0. The van der Waals surface area contributed by atoms with E-state index in [9.17, 15) is 4.79 Å². The second-order valence-electron chi connectivity index (χ2n) is 4.68. The maximum absolute atomic E-state index is 11.9. The van der Waals surface area contributed by atoms with Crippen LogP contribution in [0.4, 0.5) is 0 Å². The van der Waals surface area contributed by atoms with Crippen molar-refractivity contribution in [1.82, 2.24) is 30.0 Å². The van der Waals surface area contributed by atoms with Crippen molar-refractivity contribution in [1.29, 1.82) is 0 Å². The Hall–Kier alpha value is -2.05. The number of carbonyl (C=O) groups is 1. The Balaban J connectivity index is 1.93. The highest BCUT2D eigenvalue weighted by molar-refractivity contribution is 5.80. The first-order valence-electron chi connectivity index (χ1n) is 6.21. The van der Waals surface area contributed by atoms with Crippen molar-refractivity contribution in [3.05, 3.63) is 22.8 Å². The molecule has 0 saturated heterocycles. The zero-order chi connectivity index (χ0) is 14.0. The van der Waals surface area contributed by atoms with Gasteiger partial charge in [0, 0.05) is 19.2 Å². The summed E-state index contributed by atoms with van der Waals surface area (Å²) >= 11 is 0. The van der Waals surface area contributed by atoms with Crippen LogP contribution >= 0.6 is 0 Å². The summed E-state index contributed by atoms with van der Waals surface area (Å²) in [6.45, 7) is 3.99. The quantitative estimate of drug-likeness (QED) is 0.774. The second kappa shape index (κ2) is 5.29. The Kier molecular flexibility index (Phi) is 3.73. The monoisotopic (exact) mass is 262 g/mol. The Labute approximate surface area is 111 Å². The van der Waals surface area contributed by atoms with E-state index in [4.69, 9.17) is 0 Å². The van der Waals surface area contributed by atoms with Crippen LogP contribution < -0.4 is 0 Å². The highest BCUT2D eigenvalue weighted by atomic mass is 16.1. The molecule has 2 heterocycles. The largest absolute Gasteiger partial charge is 0.299 e. The molecule has 0 bridgehead atoms. The molecule has 2 aromatic rings. The average molecular weight is 262 g/mol. The molecule has 0 fully saturated rings. The Morgan fingerprint density at radius 2 is 1.95 bits per heavy atom. The molecular formula is C12H18N6O. The first kappa shape index (κ1) is 13.4. The summed E-state index contributed by atoms with van der Waals surface area (Å²) in [7, 11) is 3.60. The molecule has 0 aliphatic carbocycles. The van der Waals surface area contributed by atoms with E-state index in [-0.39, 0.29) is 12.2 Å². The van der Waals surface area contributed by atoms with Gasteiger partial charge in [0.15, 0.2) is 5.82 Å². The van der Waals surface area contributed by atoms with Crippen molar-refractivity contribution in [2.75, 3.05) is 0 Å². The van der Waals surface area contributed by atoms with Gasteiger partial charge in [-0.15, -0.1) is 10.2 Å². The van der Waals surface area contributed by atoms with Gasteiger partial charge >= 0.3 is 0 Å². The number of hydrogen-bond donors (Lipinski definition) is 0. The molecule has 0 N–H and O–H groups in total. The fourth-order valence-corrected chi connectivity index (χ4v) is 2.10. The molecule has 0 aliphatic rings. The zero-order valence-corrected chi connectivity index (χ0v) is 11.7. The summed E-state index contributed by atoms with van der Waals surface area (Å²) in [5.41, 5.74) is 3.26. The molecule has 0 amide bonds. The minimum atomic E-state index is 0.121. The molecule has 0 unspecified atom stereocenters. The minimum Gasteiger partial charge on any atom is -0.299 e. The van der Waals surface area contributed by atoms with Crippen molar-refractivity contribution in [3.8, 4) is 0 Å². The van der Waals surface area contributed by atoms with Gasteiger partial charge in [-0.1, -0.05) is 0 Å². The number of aryl methyl sites for hydroxylation is 3. The van der Waals surface area contributed by atoms with Crippen LogP contribution in [0.15, 0.2) is 0 Å². The minimum absolute atomic E-state index is 0.121. The number of rotatable bonds is 5. The third-order valence-electron chi connectivity index (χ3n) is 3.22. The maximum Gasteiger partial charge on any atom is 0.182 e. The van der Waals surface area contributed by atoms with E-state index in [1.165, 1.54) is 4.80 Å². The first-order valence-corrected chi connectivity index (χ1v) is 6.21. The number of aromatic nitrogens is 6. The van der Waals surface area contributed by atoms with Gasteiger partial charge in [-0.05, 0) is 31.0 Å². The lowest BCUT2D eigenvalue weighted by molar-refractivity contribution is -0.118. The van der Waals surface area contributed by atoms with Crippen molar-refractivity contribution in [2.24, 2.45) is 14.1 Å². The predicted octanol–water partition coefficient (Wildman–Crippen LogP) is 0.305. The van der Waals surface area contributed by atoms with Crippen LogP contribution in [0.25, 0.3) is 0 Å². The number of nitrogens with zero attached hydrogens (tertiary/aromatic N) is 6. The second-order valence-corrected chi connectivity index (χ2v) is 4.68. The summed E-state index contributed by atoms with van der Waals surface area (Å²) in [4.78, 5) is 13.2. The predicted molar refractivity (Wildman–Crippen MR) is 68.5 cm³/mol. The van der Waals surface area contributed by atoms with Crippen LogP contribution in [0.2, 0.25) is 0 Å². The number of ketones is 1. The van der Waals surface area contributed by atoms with E-state index in [1.807, 2.05) is 25.6 Å². The molecule has 0 atom stereocenters. The molecule has 19 heavy (non-hydrogen) atoms. The molecule has 0 aromatic carbocycles. The fourth-order valence-electron chi connectivity index (χ4n) is 2.10. The number of Topliss-reactive ketones (excluding diaryl/α,β-unsaturated/α-hetero) is 1. The molecule has 0 saturated carbocycles. The summed E-state index contributed by atoms with van der Waals surface area (Å²) in [5, 5.41) is 15.9. The lowest BCUT2D eigenvalue weighted by Gasteiger charge is -2.01. The molecular weight excluding hydrogens is 244 g/mol. The van der Waals surface area contributed by atoms with E-state index < -0.39 is 0 Å². The van der Waals surface area contributed by atoms with Crippen LogP contribution in [0, 0.1) is 13.8 Å². The van der Waals surface area contributed by atoms with E-state index in [1.54, 1.807) is 7.05 Å². The normalized spacial score (nSPS) is 10.9. The maximum atomic E-state index is 11.9. The first-order chi connectivity index (χ1) is 8.97. The van der Waals surface area contributed by atoms with Crippen molar-refractivity contribution < 1.29 is 4.79 Å². The van der Waals surface area contributed by atoms with E-state index in [0.717, 1.165) is 17.0 Å². The summed E-state index contributed by atoms with van der Waals surface area (Å²) in [6, 6.07) is 0. The summed E-state index contributed by atoms with van der Waals surface area (Å²) < 4.78 is 1.85. The molecule has 0 spiro atoms. The van der Waals surface area contributed by atoms with Crippen molar-refractivity contribution in [3.63, 3.8) is 0 Å².